The second kappa shape index (κ2) is 14.8. The van der Waals surface area contributed by atoms with Gasteiger partial charge in [-0.15, -0.1) is 6.58 Å². The van der Waals surface area contributed by atoms with Gasteiger partial charge < -0.3 is 18.9 Å². The molecule has 0 bridgehead atoms. The van der Waals surface area contributed by atoms with E-state index in [1.807, 2.05) is 79.7 Å². The Morgan fingerprint density at radius 3 is 2.46 bits per heavy atom. The average molecular weight is 593 g/mol. The summed E-state index contributed by atoms with van der Waals surface area (Å²) >= 11 is 7.36. The number of rotatable bonds is 13. The zero-order valence-electron chi connectivity index (χ0n) is 23.4. The standard InChI is InChI=1S/C32H33ClN2O5S/c1-5-7-24-18-23(19-28(39-6-2)30(24)40-21-22-8-10-25(33)11-9-22)20-29-31(36)35(16-17-37-3)32(41-29)34-26-12-14-27(38-4)15-13-26/h5,8-15,18-20H,1,6-7,16-17,21H2,2-4H3/b29-20-,34-32?. The summed E-state index contributed by atoms with van der Waals surface area (Å²) in [6.45, 7) is 7.43. The summed E-state index contributed by atoms with van der Waals surface area (Å²) in [5.41, 5.74) is 3.43. The normalized spacial score (nSPS) is 15.0. The number of amidine groups is 1. The van der Waals surface area contributed by atoms with Gasteiger partial charge in [-0.1, -0.05) is 29.8 Å². The molecule has 1 aliphatic rings. The monoisotopic (exact) mass is 592 g/mol. The molecule has 1 aliphatic heterocycles. The van der Waals surface area contributed by atoms with Crippen molar-refractivity contribution in [1.82, 2.24) is 4.90 Å². The molecular formula is C32H33ClN2O5S. The number of halogens is 1. The molecule has 1 saturated heterocycles. The lowest BCUT2D eigenvalue weighted by Crippen LogP contribution is -2.32. The number of hydrogen-bond donors (Lipinski definition) is 0. The highest BCUT2D eigenvalue weighted by Crippen LogP contribution is 2.38. The average Bonchev–Trinajstić information content (AvgIpc) is 3.26. The zero-order chi connectivity index (χ0) is 29.2. The molecule has 0 unspecified atom stereocenters. The fraction of sp³-hybridized carbons (Fsp3) is 0.250. The zero-order valence-corrected chi connectivity index (χ0v) is 25.0. The molecule has 0 saturated carbocycles. The third-order valence-electron chi connectivity index (χ3n) is 6.12. The van der Waals surface area contributed by atoms with Crippen LogP contribution in [0.4, 0.5) is 5.69 Å². The van der Waals surface area contributed by atoms with Crippen LogP contribution in [0.1, 0.15) is 23.6 Å². The molecular weight excluding hydrogens is 560 g/mol. The van der Waals surface area contributed by atoms with E-state index in [1.54, 1.807) is 19.1 Å². The number of hydrogen-bond acceptors (Lipinski definition) is 7. The molecule has 1 fully saturated rings. The first-order valence-electron chi connectivity index (χ1n) is 13.2. The van der Waals surface area contributed by atoms with Crippen molar-refractivity contribution in [3.8, 4) is 17.2 Å². The summed E-state index contributed by atoms with van der Waals surface area (Å²) in [7, 11) is 3.23. The molecule has 7 nitrogen and oxygen atoms in total. The maximum atomic E-state index is 13.5. The van der Waals surface area contributed by atoms with Crippen LogP contribution >= 0.6 is 23.4 Å². The Morgan fingerprint density at radius 2 is 1.80 bits per heavy atom. The van der Waals surface area contributed by atoms with Gasteiger partial charge in [0.05, 0.1) is 37.5 Å². The maximum Gasteiger partial charge on any atom is 0.266 e. The van der Waals surface area contributed by atoms with Crippen LogP contribution in [0, 0.1) is 0 Å². The molecule has 0 N–H and O–H groups in total. The van der Waals surface area contributed by atoms with Crippen molar-refractivity contribution in [2.45, 2.75) is 20.0 Å². The Balaban J connectivity index is 1.66. The van der Waals surface area contributed by atoms with Crippen molar-refractivity contribution in [2.24, 2.45) is 4.99 Å². The lowest BCUT2D eigenvalue weighted by atomic mass is 10.0. The molecule has 214 valence electrons. The second-order valence-corrected chi connectivity index (χ2v) is 10.4. The molecule has 3 aromatic carbocycles. The molecule has 1 amide bonds. The van der Waals surface area contributed by atoms with Crippen LogP contribution in [-0.2, 0) is 22.6 Å². The van der Waals surface area contributed by atoms with Crippen LogP contribution < -0.4 is 14.2 Å². The first kappa shape index (κ1) is 30.2. The summed E-state index contributed by atoms with van der Waals surface area (Å²) in [4.78, 5) is 20.4. The third-order valence-corrected chi connectivity index (χ3v) is 7.38. The fourth-order valence-corrected chi connectivity index (χ4v) is 5.28. The molecule has 0 aliphatic carbocycles. The number of carbonyl (C=O) groups is 1. The van der Waals surface area contributed by atoms with Crippen LogP contribution in [-0.4, -0.2) is 50.0 Å². The van der Waals surface area contributed by atoms with Crippen LogP contribution in [0.15, 0.2) is 83.2 Å². The number of allylic oxidation sites excluding steroid dienone is 1. The van der Waals surface area contributed by atoms with E-state index in [-0.39, 0.29) is 5.91 Å². The number of amides is 1. The fourth-order valence-electron chi connectivity index (χ4n) is 4.13. The number of aliphatic imine (C=N–C) groups is 1. The molecule has 3 aromatic rings. The summed E-state index contributed by atoms with van der Waals surface area (Å²) in [6.07, 6.45) is 4.25. The van der Waals surface area contributed by atoms with Crippen LogP contribution in [0.5, 0.6) is 17.2 Å². The van der Waals surface area contributed by atoms with E-state index in [1.165, 1.54) is 11.8 Å². The van der Waals surface area contributed by atoms with Crippen LogP contribution in [0.2, 0.25) is 5.02 Å². The molecule has 1 heterocycles. The van der Waals surface area contributed by atoms with Gasteiger partial charge >= 0.3 is 0 Å². The lowest BCUT2D eigenvalue weighted by molar-refractivity contribution is -0.122. The topological polar surface area (TPSA) is 69.6 Å². The first-order valence-corrected chi connectivity index (χ1v) is 14.4. The number of thioether (sulfide) groups is 1. The number of nitrogens with zero attached hydrogens (tertiary/aromatic N) is 2. The highest BCUT2D eigenvalue weighted by molar-refractivity contribution is 8.18. The molecule has 0 spiro atoms. The highest BCUT2D eigenvalue weighted by atomic mass is 35.5. The maximum absolute atomic E-state index is 13.5. The predicted molar refractivity (Wildman–Crippen MR) is 167 cm³/mol. The quantitative estimate of drug-likeness (QED) is 0.153. The number of benzene rings is 3. The van der Waals surface area contributed by atoms with Gasteiger partial charge in [-0.2, -0.15) is 0 Å². The highest BCUT2D eigenvalue weighted by Gasteiger charge is 2.33. The molecule has 9 heteroatoms. The number of methoxy groups -OCH3 is 2. The van der Waals surface area contributed by atoms with E-state index in [2.05, 4.69) is 6.58 Å². The van der Waals surface area contributed by atoms with Gasteiger partial charge in [-0.05, 0) is 90.8 Å². The molecule has 4 rings (SSSR count). The number of carbonyl (C=O) groups excluding carboxylic acids is 1. The Morgan fingerprint density at radius 1 is 1.05 bits per heavy atom. The summed E-state index contributed by atoms with van der Waals surface area (Å²) in [5.74, 6) is 1.86. The van der Waals surface area contributed by atoms with E-state index < -0.39 is 0 Å². The van der Waals surface area contributed by atoms with Crippen molar-refractivity contribution >= 4 is 46.2 Å². The molecule has 0 radical (unpaired) electrons. The van der Waals surface area contributed by atoms with Gasteiger partial charge in [-0.3, -0.25) is 9.69 Å². The molecule has 0 aromatic heterocycles. The van der Waals surface area contributed by atoms with Crippen molar-refractivity contribution < 1.29 is 23.7 Å². The van der Waals surface area contributed by atoms with E-state index in [4.69, 9.17) is 35.5 Å². The Kier molecular flexibility index (Phi) is 10.9. The first-order chi connectivity index (χ1) is 19.9. The van der Waals surface area contributed by atoms with Gasteiger partial charge in [0.1, 0.15) is 12.4 Å². The predicted octanol–water partition coefficient (Wildman–Crippen LogP) is 7.31. The van der Waals surface area contributed by atoms with Gasteiger partial charge in [0.15, 0.2) is 16.7 Å². The van der Waals surface area contributed by atoms with Gasteiger partial charge in [0.2, 0.25) is 0 Å². The minimum Gasteiger partial charge on any atom is -0.497 e. The van der Waals surface area contributed by atoms with Gasteiger partial charge in [-0.25, -0.2) is 4.99 Å². The SMILES string of the molecule is C=CCc1cc(/C=C2\SC(=Nc3ccc(OC)cc3)N(CCOC)C2=O)cc(OCC)c1OCc1ccc(Cl)cc1. The molecule has 0 atom stereocenters. The summed E-state index contributed by atoms with van der Waals surface area (Å²) in [6, 6.07) is 18.8. The molecule has 41 heavy (non-hydrogen) atoms. The Bertz CT molecular complexity index is 1420. The van der Waals surface area contributed by atoms with E-state index in [0.717, 1.165) is 28.1 Å². The second-order valence-electron chi connectivity index (χ2n) is 9.00. The minimum atomic E-state index is -0.134. The van der Waals surface area contributed by atoms with Crippen molar-refractivity contribution in [3.63, 3.8) is 0 Å². The minimum absolute atomic E-state index is 0.134. The largest absolute Gasteiger partial charge is 0.497 e. The Hall–Kier alpha value is -3.72. The van der Waals surface area contributed by atoms with Crippen molar-refractivity contribution in [2.75, 3.05) is 34.0 Å². The van der Waals surface area contributed by atoms with Crippen LogP contribution in [0.25, 0.3) is 6.08 Å². The number of ether oxygens (including phenoxy) is 4. The van der Waals surface area contributed by atoms with E-state index >= 15 is 0 Å². The van der Waals surface area contributed by atoms with Crippen molar-refractivity contribution in [1.29, 1.82) is 0 Å². The lowest BCUT2D eigenvalue weighted by Gasteiger charge is -2.17. The Labute approximate surface area is 250 Å². The van der Waals surface area contributed by atoms with E-state index in [0.29, 0.717) is 59.4 Å². The smallest absolute Gasteiger partial charge is 0.266 e. The van der Waals surface area contributed by atoms with Crippen LogP contribution in [0.3, 0.4) is 0 Å². The van der Waals surface area contributed by atoms with Crippen molar-refractivity contribution in [3.05, 3.63) is 99.9 Å². The van der Waals surface area contributed by atoms with Gasteiger partial charge in [0.25, 0.3) is 5.91 Å². The summed E-state index contributed by atoms with van der Waals surface area (Å²) in [5, 5.41) is 1.26. The third kappa shape index (κ3) is 7.94. The van der Waals surface area contributed by atoms with E-state index in [9.17, 15) is 4.79 Å². The van der Waals surface area contributed by atoms with Gasteiger partial charge in [0, 0.05) is 17.7 Å². The summed E-state index contributed by atoms with van der Waals surface area (Å²) < 4.78 is 22.7.